The van der Waals surface area contributed by atoms with E-state index in [1.54, 1.807) is 0 Å². The first kappa shape index (κ1) is 23.8. The van der Waals surface area contributed by atoms with E-state index in [-0.39, 0.29) is 0 Å². The maximum Gasteiger partial charge on any atom is 0.460 e. The summed E-state index contributed by atoms with van der Waals surface area (Å²) in [7, 11) is 0. The second kappa shape index (κ2) is 6.99. The van der Waals surface area contributed by atoms with E-state index in [4.69, 9.17) is 0 Å². The maximum absolute atomic E-state index is 13.5. The van der Waals surface area contributed by atoms with E-state index in [9.17, 15) is 57.5 Å². The molecule has 0 aliphatic rings. The van der Waals surface area contributed by atoms with Crippen LogP contribution in [0.25, 0.3) is 0 Å². The molecule has 1 rings (SSSR count). The molecule has 0 radical (unpaired) electrons. The lowest BCUT2D eigenvalue weighted by molar-refractivity contribution is -0.419. The van der Waals surface area contributed by atoms with Gasteiger partial charge in [0.15, 0.2) is 11.6 Å². The molecule has 1 nitrogen and oxygen atoms in total. The molecule has 28 heavy (non-hydrogen) atoms. The van der Waals surface area contributed by atoms with Crippen LogP contribution in [0.2, 0.25) is 0 Å². The minimum absolute atomic E-state index is 0.520. The van der Waals surface area contributed by atoms with Crippen molar-refractivity contribution in [2.45, 2.75) is 36.8 Å². The first-order chi connectivity index (χ1) is 12.3. The normalized spacial score (nSPS) is 15.0. The Balaban J connectivity index is 3.38. The van der Waals surface area contributed by atoms with Crippen LogP contribution in [-0.2, 0) is 0 Å². The molecular weight excluding hydrogens is 424 g/mol. The van der Waals surface area contributed by atoms with Crippen molar-refractivity contribution in [1.82, 2.24) is 0 Å². The third-order valence-corrected chi connectivity index (χ3v) is 3.43. The zero-order chi connectivity index (χ0) is 22.3. The van der Waals surface area contributed by atoms with E-state index in [1.165, 1.54) is 19.1 Å². The summed E-state index contributed by atoms with van der Waals surface area (Å²) < 4.78 is 154. The summed E-state index contributed by atoms with van der Waals surface area (Å²) in [6.45, 7) is 1.50. The lowest BCUT2D eigenvalue weighted by Gasteiger charge is -2.36. The highest BCUT2D eigenvalue weighted by Crippen LogP contribution is 2.58. The summed E-state index contributed by atoms with van der Waals surface area (Å²) in [5, 5.41) is 0. The number of benzene rings is 1. The van der Waals surface area contributed by atoms with Gasteiger partial charge in [-0.25, -0.2) is 4.39 Å². The van der Waals surface area contributed by atoms with Gasteiger partial charge in [-0.15, -0.1) is 0 Å². The summed E-state index contributed by atoms with van der Waals surface area (Å²) in [6.07, 6.45) is -8.26. The van der Waals surface area contributed by atoms with Crippen molar-refractivity contribution in [2.24, 2.45) is 0 Å². The number of alkyl halides is 11. The molecule has 0 unspecified atom stereocenters. The summed E-state index contributed by atoms with van der Waals surface area (Å²) >= 11 is 0. The highest BCUT2D eigenvalue weighted by molar-refractivity contribution is 6.04. The molecule has 0 saturated carbocycles. The quantitative estimate of drug-likeness (QED) is 0.300. The van der Waals surface area contributed by atoms with E-state index in [2.05, 4.69) is 0 Å². The molecule has 0 fully saturated rings. The monoisotopic (exact) mass is 432 g/mol. The molecule has 0 heterocycles. The van der Waals surface area contributed by atoms with Gasteiger partial charge in [0.05, 0.1) is 0 Å². The van der Waals surface area contributed by atoms with E-state index in [1.807, 2.05) is 0 Å². The van der Waals surface area contributed by atoms with Gasteiger partial charge >= 0.3 is 29.9 Å². The number of hydrogen-bond acceptors (Lipinski definition) is 1. The number of ketones is 1. The van der Waals surface area contributed by atoms with E-state index < -0.39 is 53.1 Å². The molecule has 0 bridgehead atoms. The minimum atomic E-state index is -7.75. The van der Waals surface area contributed by atoms with E-state index in [0.717, 1.165) is 12.1 Å². The molecule has 1 aromatic carbocycles. The molecule has 0 spiro atoms. The molecule has 13 heteroatoms. The average Bonchev–Trinajstić information content (AvgIpc) is 2.53. The molecule has 0 aromatic heterocycles. The van der Waals surface area contributed by atoms with Gasteiger partial charge in [0.25, 0.3) is 0 Å². The van der Waals surface area contributed by atoms with Gasteiger partial charge in [0.1, 0.15) is 0 Å². The molecular formula is C15H8F12O. The Morgan fingerprint density at radius 2 is 1.18 bits per heavy atom. The predicted octanol–water partition coefficient (Wildman–Crippen LogP) is 6.13. The summed E-state index contributed by atoms with van der Waals surface area (Å²) in [4.78, 5) is 11.5. The topological polar surface area (TPSA) is 17.1 Å². The minimum Gasteiger partial charge on any atom is -0.289 e. The number of aryl methyl sites for hydroxylation is 1. The van der Waals surface area contributed by atoms with E-state index >= 15 is 0 Å². The second-order valence-corrected chi connectivity index (χ2v) is 5.52. The van der Waals surface area contributed by atoms with Crippen LogP contribution >= 0.6 is 0 Å². The molecule has 0 aliphatic carbocycles. The molecule has 0 atom stereocenters. The fraction of sp³-hybridized carbons (Fsp3) is 0.400. The Bertz CT molecular complexity index is 758. The molecule has 0 saturated heterocycles. The fourth-order valence-corrected chi connectivity index (χ4v) is 1.73. The zero-order valence-electron chi connectivity index (χ0n) is 13.3. The second-order valence-electron chi connectivity index (χ2n) is 5.52. The van der Waals surface area contributed by atoms with Crippen molar-refractivity contribution in [1.29, 1.82) is 0 Å². The Morgan fingerprint density at radius 1 is 0.750 bits per heavy atom. The van der Waals surface area contributed by atoms with Crippen LogP contribution in [0, 0.1) is 6.92 Å². The first-order valence-electron chi connectivity index (χ1n) is 6.87. The molecule has 158 valence electrons. The predicted molar refractivity (Wildman–Crippen MR) is 70.5 cm³/mol. The molecule has 1 aromatic rings. The molecule has 0 amide bonds. The number of carbonyl (C=O) groups excluding carboxylic acids is 1. The van der Waals surface area contributed by atoms with Gasteiger partial charge in [-0.1, -0.05) is 29.8 Å². The van der Waals surface area contributed by atoms with Gasteiger partial charge in [0, 0.05) is 11.6 Å². The van der Waals surface area contributed by atoms with Crippen molar-refractivity contribution in [3.63, 3.8) is 0 Å². The Hall–Kier alpha value is -2.21. The van der Waals surface area contributed by atoms with Crippen molar-refractivity contribution in [3.05, 3.63) is 47.3 Å². The van der Waals surface area contributed by atoms with Crippen LogP contribution in [0.15, 0.2) is 36.2 Å². The number of hydrogen-bond donors (Lipinski definition) is 0. The van der Waals surface area contributed by atoms with Crippen LogP contribution < -0.4 is 0 Å². The summed E-state index contributed by atoms with van der Waals surface area (Å²) in [5.41, 5.74) is -0.0564. The van der Waals surface area contributed by atoms with Gasteiger partial charge in [-0.05, 0) is 6.92 Å². The Morgan fingerprint density at radius 3 is 1.57 bits per heavy atom. The van der Waals surface area contributed by atoms with Crippen molar-refractivity contribution in [3.8, 4) is 0 Å². The third-order valence-electron chi connectivity index (χ3n) is 3.43. The molecule has 0 N–H and O–H groups in total. The number of allylic oxidation sites excluding steroid dienone is 2. The number of halogens is 12. The van der Waals surface area contributed by atoms with E-state index in [0.29, 0.717) is 5.56 Å². The lowest BCUT2D eigenvalue weighted by atomic mass is 9.96. The maximum atomic E-state index is 13.5. The highest BCUT2D eigenvalue weighted by atomic mass is 19.4. The Kier molecular flexibility index (Phi) is 5.95. The van der Waals surface area contributed by atoms with Crippen LogP contribution in [0.5, 0.6) is 0 Å². The lowest BCUT2D eigenvalue weighted by Crippen LogP contribution is -2.66. The summed E-state index contributed by atoms with van der Waals surface area (Å²) in [6, 6.07) is 4.21. The standard InChI is InChI=1S/C15H8F12O/c1-7-2-4-8(5-3-7)9(28)6-10(16)11(17,18)12(19,20)13(21,22)14(23,24)15(25,26)27/h2-6H,1H3/b10-6-. The number of rotatable bonds is 6. The third kappa shape index (κ3) is 3.70. The SMILES string of the molecule is Cc1ccc(C(=O)/C=C(\F)C(F)(F)C(F)(F)C(F)(F)C(F)(F)C(F)(F)F)cc1. The largest absolute Gasteiger partial charge is 0.460 e. The van der Waals surface area contributed by atoms with Crippen LogP contribution in [-0.4, -0.2) is 35.6 Å². The van der Waals surface area contributed by atoms with Gasteiger partial charge < -0.3 is 0 Å². The van der Waals surface area contributed by atoms with Gasteiger partial charge in [-0.3, -0.25) is 4.79 Å². The van der Waals surface area contributed by atoms with Crippen LogP contribution in [0.1, 0.15) is 15.9 Å². The number of carbonyl (C=O) groups is 1. The molecule has 0 aliphatic heterocycles. The fourth-order valence-electron chi connectivity index (χ4n) is 1.73. The van der Waals surface area contributed by atoms with Crippen LogP contribution in [0.4, 0.5) is 52.7 Å². The first-order valence-corrected chi connectivity index (χ1v) is 6.87. The van der Waals surface area contributed by atoms with Gasteiger partial charge in [-0.2, -0.15) is 48.3 Å². The smallest absolute Gasteiger partial charge is 0.289 e. The summed E-state index contributed by atoms with van der Waals surface area (Å²) in [5.74, 6) is -35.2. The van der Waals surface area contributed by atoms with Crippen LogP contribution in [0.3, 0.4) is 0 Å². The highest BCUT2D eigenvalue weighted by Gasteiger charge is 2.87. The van der Waals surface area contributed by atoms with Crippen molar-refractivity contribution >= 4 is 5.78 Å². The Labute approximate surface area is 148 Å². The van der Waals surface area contributed by atoms with Crippen molar-refractivity contribution < 1.29 is 57.5 Å². The van der Waals surface area contributed by atoms with Gasteiger partial charge in [0.2, 0.25) is 0 Å². The zero-order valence-corrected chi connectivity index (χ0v) is 13.3. The average molecular weight is 432 g/mol. The van der Waals surface area contributed by atoms with Crippen molar-refractivity contribution in [2.75, 3.05) is 0 Å².